The number of hydrogen-bond donors (Lipinski definition) is 2. The number of hydrogen-bond acceptors (Lipinski definition) is 5. The molecule has 1 atom stereocenters. The van der Waals surface area contributed by atoms with Gasteiger partial charge in [0.25, 0.3) is 0 Å². The maximum Gasteiger partial charge on any atom is 0.198 e. The van der Waals surface area contributed by atoms with Crippen LogP contribution in [0.2, 0.25) is 0 Å². The minimum Gasteiger partial charge on any atom is -0.391 e. The van der Waals surface area contributed by atoms with Gasteiger partial charge in [-0.15, -0.1) is 0 Å². The van der Waals surface area contributed by atoms with Crippen LogP contribution in [0.4, 0.5) is 0 Å². The van der Waals surface area contributed by atoms with Crippen LogP contribution >= 0.6 is 0 Å². The van der Waals surface area contributed by atoms with Gasteiger partial charge in [0, 0.05) is 12.7 Å². The number of nitrogens with zero attached hydrogens (tertiary/aromatic N) is 1. The van der Waals surface area contributed by atoms with Gasteiger partial charge >= 0.3 is 0 Å². The summed E-state index contributed by atoms with van der Waals surface area (Å²) in [6, 6.07) is 4.59. The highest BCUT2D eigenvalue weighted by Crippen LogP contribution is 2.07. The Bertz CT molecular complexity index is 377. The fraction of sp³-hybridized carbons (Fsp3) is 0.375. The van der Waals surface area contributed by atoms with Gasteiger partial charge in [0.1, 0.15) is 0 Å². The van der Waals surface area contributed by atoms with Crippen molar-refractivity contribution in [3.05, 3.63) is 24.4 Å². The van der Waals surface area contributed by atoms with Crippen molar-refractivity contribution in [2.75, 3.05) is 12.3 Å². The highest BCUT2D eigenvalue weighted by Gasteiger charge is 2.19. The van der Waals surface area contributed by atoms with E-state index in [1.165, 1.54) is 12.3 Å². The average molecular weight is 216 g/mol. The largest absolute Gasteiger partial charge is 0.391 e. The molecule has 1 aromatic rings. The van der Waals surface area contributed by atoms with Crippen LogP contribution in [0.1, 0.15) is 0 Å². The van der Waals surface area contributed by atoms with Crippen molar-refractivity contribution in [3.63, 3.8) is 0 Å². The van der Waals surface area contributed by atoms with Gasteiger partial charge in [-0.3, -0.25) is 0 Å². The lowest BCUT2D eigenvalue weighted by Crippen LogP contribution is -2.28. The maximum atomic E-state index is 11.5. The number of aromatic nitrogens is 1. The number of aliphatic hydroxyl groups excluding tert-OH is 1. The van der Waals surface area contributed by atoms with E-state index in [1.54, 1.807) is 12.1 Å². The summed E-state index contributed by atoms with van der Waals surface area (Å²) in [5.74, 6) is -0.388. The van der Waals surface area contributed by atoms with E-state index in [1.807, 2.05) is 0 Å². The van der Waals surface area contributed by atoms with E-state index in [0.29, 0.717) is 0 Å². The zero-order valence-electron chi connectivity index (χ0n) is 7.50. The number of rotatable bonds is 4. The van der Waals surface area contributed by atoms with Crippen molar-refractivity contribution in [1.82, 2.24) is 4.98 Å². The van der Waals surface area contributed by atoms with Crippen LogP contribution < -0.4 is 5.73 Å². The molecular formula is C8H12N2O3S. The first-order valence-corrected chi connectivity index (χ1v) is 5.73. The molecule has 1 unspecified atom stereocenters. The van der Waals surface area contributed by atoms with Crippen LogP contribution in [0.3, 0.4) is 0 Å². The monoisotopic (exact) mass is 216 g/mol. The second kappa shape index (κ2) is 4.50. The van der Waals surface area contributed by atoms with Gasteiger partial charge in [-0.25, -0.2) is 13.4 Å². The fourth-order valence-electron chi connectivity index (χ4n) is 0.938. The molecule has 6 heteroatoms. The van der Waals surface area contributed by atoms with Crippen LogP contribution in [0.25, 0.3) is 0 Å². The summed E-state index contributed by atoms with van der Waals surface area (Å²) in [6.07, 6.45) is 0.351. The third kappa shape index (κ3) is 2.76. The Morgan fingerprint density at radius 3 is 2.71 bits per heavy atom. The third-order valence-electron chi connectivity index (χ3n) is 1.64. The number of aliphatic hydroxyl groups is 1. The second-order valence-corrected chi connectivity index (χ2v) is 4.82. The molecule has 0 aliphatic heterocycles. The van der Waals surface area contributed by atoms with Crippen molar-refractivity contribution in [2.45, 2.75) is 11.1 Å². The van der Waals surface area contributed by atoms with E-state index in [9.17, 15) is 8.42 Å². The summed E-state index contributed by atoms with van der Waals surface area (Å²) in [6.45, 7) is -0.0773. The van der Waals surface area contributed by atoms with Crippen molar-refractivity contribution >= 4 is 9.84 Å². The van der Waals surface area contributed by atoms with Gasteiger partial charge in [-0.2, -0.15) is 0 Å². The molecule has 0 spiro atoms. The molecule has 0 bridgehead atoms. The van der Waals surface area contributed by atoms with Gasteiger partial charge in [0.2, 0.25) is 0 Å². The number of pyridine rings is 1. The van der Waals surface area contributed by atoms with Gasteiger partial charge in [-0.05, 0) is 12.1 Å². The molecule has 5 nitrogen and oxygen atoms in total. The summed E-state index contributed by atoms with van der Waals surface area (Å²) in [4.78, 5) is 3.70. The standard InChI is InChI=1S/C8H12N2O3S/c9-5-7(11)6-14(12,13)8-3-1-2-4-10-8/h1-4,7,11H,5-6,9H2. The Hall–Kier alpha value is -0.980. The molecular weight excluding hydrogens is 204 g/mol. The van der Waals surface area contributed by atoms with Gasteiger partial charge < -0.3 is 10.8 Å². The van der Waals surface area contributed by atoms with Crippen LogP contribution in [0.5, 0.6) is 0 Å². The average Bonchev–Trinajstić information content (AvgIpc) is 2.18. The summed E-state index contributed by atoms with van der Waals surface area (Å²) >= 11 is 0. The van der Waals surface area contributed by atoms with E-state index in [4.69, 9.17) is 10.8 Å². The Morgan fingerprint density at radius 2 is 2.21 bits per heavy atom. The van der Waals surface area contributed by atoms with E-state index in [0.717, 1.165) is 0 Å². The summed E-state index contributed by atoms with van der Waals surface area (Å²) in [5, 5.41) is 9.09. The molecule has 3 N–H and O–H groups in total. The molecule has 0 amide bonds. The minimum atomic E-state index is -3.51. The molecule has 0 saturated heterocycles. The van der Waals surface area contributed by atoms with E-state index in [2.05, 4.69) is 4.98 Å². The van der Waals surface area contributed by atoms with Crippen molar-refractivity contribution in [1.29, 1.82) is 0 Å². The normalized spacial score (nSPS) is 13.9. The van der Waals surface area contributed by atoms with Crippen LogP contribution in [0, 0.1) is 0 Å². The lowest BCUT2D eigenvalue weighted by atomic mass is 10.4. The summed E-state index contributed by atoms with van der Waals surface area (Å²) in [7, 11) is -3.51. The lowest BCUT2D eigenvalue weighted by Gasteiger charge is -2.07. The Balaban J connectivity index is 2.87. The highest BCUT2D eigenvalue weighted by atomic mass is 32.2. The van der Waals surface area contributed by atoms with Crippen molar-refractivity contribution < 1.29 is 13.5 Å². The quantitative estimate of drug-likeness (QED) is 0.685. The molecule has 0 fully saturated rings. The predicted octanol–water partition coefficient (Wildman–Crippen LogP) is -0.825. The van der Waals surface area contributed by atoms with Crippen molar-refractivity contribution in [3.8, 4) is 0 Å². The maximum absolute atomic E-state index is 11.5. The SMILES string of the molecule is NCC(O)CS(=O)(=O)c1ccccn1. The number of nitrogens with two attached hydrogens (primary N) is 1. The second-order valence-electron chi connectivity index (χ2n) is 2.84. The lowest BCUT2D eigenvalue weighted by molar-refractivity contribution is 0.205. The third-order valence-corrected chi connectivity index (χ3v) is 3.34. The molecule has 1 rings (SSSR count). The van der Waals surface area contributed by atoms with Crippen molar-refractivity contribution in [2.24, 2.45) is 5.73 Å². The van der Waals surface area contributed by atoms with Gasteiger partial charge in [0.15, 0.2) is 14.9 Å². The Labute approximate surface area is 82.5 Å². The molecule has 78 valence electrons. The van der Waals surface area contributed by atoms with Crippen LogP contribution in [0.15, 0.2) is 29.4 Å². The summed E-state index contributed by atoms with van der Waals surface area (Å²) < 4.78 is 23.0. The topological polar surface area (TPSA) is 93.3 Å². The molecule has 0 aromatic carbocycles. The smallest absolute Gasteiger partial charge is 0.198 e. The molecule has 1 heterocycles. The van der Waals surface area contributed by atoms with E-state index >= 15 is 0 Å². The molecule has 14 heavy (non-hydrogen) atoms. The van der Waals surface area contributed by atoms with Gasteiger partial charge in [-0.1, -0.05) is 6.07 Å². The predicted molar refractivity (Wildman–Crippen MR) is 51.4 cm³/mol. The Morgan fingerprint density at radius 1 is 1.50 bits per heavy atom. The first-order valence-electron chi connectivity index (χ1n) is 4.08. The van der Waals surface area contributed by atoms with Crippen LogP contribution in [-0.2, 0) is 9.84 Å². The molecule has 0 aliphatic carbocycles. The summed E-state index contributed by atoms with van der Waals surface area (Å²) in [5.41, 5.74) is 5.12. The van der Waals surface area contributed by atoms with Crippen LogP contribution in [-0.4, -0.2) is 36.9 Å². The van der Waals surface area contributed by atoms with Gasteiger partial charge in [0.05, 0.1) is 11.9 Å². The molecule has 0 aliphatic rings. The Kier molecular flexibility index (Phi) is 3.56. The zero-order chi connectivity index (χ0) is 10.6. The first-order chi connectivity index (χ1) is 6.56. The zero-order valence-corrected chi connectivity index (χ0v) is 8.31. The molecule has 1 aromatic heterocycles. The molecule has 0 radical (unpaired) electrons. The fourth-order valence-corrected chi connectivity index (χ4v) is 2.26. The number of sulfone groups is 1. The minimum absolute atomic E-state index is 0.0347. The van der Waals surface area contributed by atoms with E-state index in [-0.39, 0.29) is 17.3 Å². The molecule has 0 saturated carbocycles. The highest BCUT2D eigenvalue weighted by molar-refractivity contribution is 7.91. The first kappa shape index (κ1) is 11.1. The van der Waals surface area contributed by atoms with E-state index < -0.39 is 15.9 Å².